The summed E-state index contributed by atoms with van der Waals surface area (Å²) < 4.78 is 0. The van der Waals surface area contributed by atoms with E-state index in [4.69, 9.17) is 5.26 Å². The smallest absolute Gasteiger partial charge is 0.305 e. The highest BCUT2D eigenvalue weighted by atomic mass is 16.6. The zero-order valence-corrected chi connectivity index (χ0v) is 12.1. The molecule has 0 radical (unpaired) electrons. The maximum atomic E-state index is 10.8. The Labute approximate surface area is 123 Å². The molecule has 0 unspecified atom stereocenters. The van der Waals surface area contributed by atoms with Gasteiger partial charge in [-0.2, -0.15) is 5.26 Å². The van der Waals surface area contributed by atoms with Gasteiger partial charge in [0.25, 0.3) is 0 Å². The van der Waals surface area contributed by atoms with Gasteiger partial charge in [0.15, 0.2) is 0 Å². The number of hydrogen-bond donors (Lipinski definition) is 1. The Morgan fingerprint density at radius 3 is 2.81 bits per heavy atom. The van der Waals surface area contributed by atoms with Crippen LogP contribution in [-0.4, -0.2) is 40.5 Å². The van der Waals surface area contributed by atoms with Crippen molar-refractivity contribution in [1.82, 2.24) is 9.88 Å². The number of aromatic nitrogens is 1. The average Bonchev–Trinajstić information content (AvgIpc) is 2.49. The molecular weight excluding hydrogens is 270 g/mol. The molecule has 1 aliphatic rings. The summed E-state index contributed by atoms with van der Waals surface area (Å²) in [6.07, 6.45) is 3.19. The fraction of sp³-hybridized carbons (Fsp3) is 0.571. The molecule has 1 aromatic rings. The van der Waals surface area contributed by atoms with Crippen molar-refractivity contribution in [3.05, 3.63) is 27.9 Å². The van der Waals surface area contributed by atoms with E-state index in [1.807, 2.05) is 0 Å². The Hall–Kier alpha value is -2.20. The summed E-state index contributed by atoms with van der Waals surface area (Å²) in [5, 5.41) is 23.0. The third-order valence-corrected chi connectivity index (χ3v) is 3.66. The number of anilines is 1. The number of hydrogen-bond acceptors (Lipinski definition) is 6. The summed E-state index contributed by atoms with van der Waals surface area (Å²) >= 11 is 0. The molecule has 7 nitrogen and oxygen atoms in total. The van der Waals surface area contributed by atoms with E-state index >= 15 is 0 Å². The lowest BCUT2D eigenvalue weighted by molar-refractivity contribution is -0.385. The predicted octanol–water partition coefficient (Wildman–Crippen LogP) is 2.15. The molecule has 0 bridgehead atoms. The molecule has 1 aromatic heterocycles. The number of pyridine rings is 1. The van der Waals surface area contributed by atoms with Crippen LogP contribution >= 0.6 is 0 Å². The second-order valence-corrected chi connectivity index (χ2v) is 5.19. The van der Waals surface area contributed by atoms with Gasteiger partial charge in [-0.1, -0.05) is 6.92 Å². The van der Waals surface area contributed by atoms with Crippen molar-refractivity contribution in [3.8, 4) is 6.07 Å². The molecule has 1 fully saturated rings. The van der Waals surface area contributed by atoms with Crippen LogP contribution in [-0.2, 0) is 0 Å². The van der Waals surface area contributed by atoms with E-state index in [9.17, 15) is 10.1 Å². The zero-order chi connectivity index (χ0) is 15.2. The molecule has 7 heteroatoms. The third kappa shape index (κ3) is 3.89. The molecule has 0 saturated carbocycles. The highest BCUT2D eigenvalue weighted by Crippen LogP contribution is 2.20. The molecule has 2 rings (SSSR count). The Bertz CT molecular complexity index is 547. The van der Waals surface area contributed by atoms with Gasteiger partial charge in [-0.15, -0.1) is 0 Å². The molecule has 1 N–H and O–H groups in total. The first-order valence-electron chi connectivity index (χ1n) is 7.18. The van der Waals surface area contributed by atoms with Gasteiger partial charge in [-0.05, 0) is 31.9 Å². The fourth-order valence-corrected chi connectivity index (χ4v) is 2.59. The van der Waals surface area contributed by atoms with Crippen LogP contribution < -0.4 is 5.32 Å². The molecular formula is C14H19N5O2. The van der Waals surface area contributed by atoms with Crippen LogP contribution in [0.15, 0.2) is 12.1 Å². The van der Waals surface area contributed by atoms with Crippen LogP contribution in [0.5, 0.6) is 0 Å². The summed E-state index contributed by atoms with van der Waals surface area (Å²) in [6.45, 7) is 5.39. The monoisotopic (exact) mass is 289 g/mol. The number of nitrogens with zero attached hydrogens (tertiary/aromatic N) is 4. The first-order valence-corrected chi connectivity index (χ1v) is 7.18. The lowest BCUT2D eigenvalue weighted by Crippen LogP contribution is -2.39. The van der Waals surface area contributed by atoms with Gasteiger partial charge >= 0.3 is 5.69 Å². The summed E-state index contributed by atoms with van der Waals surface area (Å²) in [4.78, 5) is 16.7. The molecule has 1 aliphatic heterocycles. The average molecular weight is 289 g/mol. The van der Waals surface area contributed by atoms with E-state index in [0.717, 1.165) is 38.9 Å². The molecule has 2 heterocycles. The summed E-state index contributed by atoms with van der Waals surface area (Å²) in [5.74, 6) is 0.533. The second kappa shape index (κ2) is 6.99. The highest BCUT2D eigenvalue weighted by Gasteiger charge is 2.20. The van der Waals surface area contributed by atoms with Gasteiger partial charge < -0.3 is 10.2 Å². The molecule has 0 aliphatic carbocycles. The van der Waals surface area contributed by atoms with Crippen molar-refractivity contribution >= 4 is 11.5 Å². The summed E-state index contributed by atoms with van der Waals surface area (Å²) in [7, 11) is 0. The van der Waals surface area contributed by atoms with Crippen molar-refractivity contribution in [2.45, 2.75) is 32.2 Å². The summed E-state index contributed by atoms with van der Waals surface area (Å²) in [6, 6.07) is 4.98. The van der Waals surface area contributed by atoms with Crippen molar-refractivity contribution in [1.29, 1.82) is 5.26 Å². The van der Waals surface area contributed by atoms with Crippen LogP contribution in [0.4, 0.5) is 11.5 Å². The van der Waals surface area contributed by atoms with Gasteiger partial charge in [0.05, 0.1) is 4.92 Å². The number of rotatable bonds is 5. The molecule has 0 amide bonds. The lowest BCUT2D eigenvalue weighted by Gasteiger charge is -2.32. The van der Waals surface area contributed by atoms with Crippen LogP contribution in [0, 0.1) is 21.4 Å². The van der Waals surface area contributed by atoms with E-state index in [-0.39, 0.29) is 11.4 Å². The number of nitriles is 1. The minimum atomic E-state index is -0.585. The van der Waals surface area contributed by atoms with Gasteiger partial charge in [0.2, 0.25) is 5.69 Å². The van der Waals surface area contributed by atoms with Gasteiger partial charge in [0.1, 0.15) is 11.9 Å². The van der Waals surface area contributed by atoms with Crippen molar-refractivity contribution in [3.63, 3.8) is 0 Å². The maximum absolute atomic E-state index is 10.8. The lowest BCUT2D eigenvalue weighted by atomic mass is 10.0. The van der Waals surface area contributed by atoms with Crippen LogP contribution in [0.1, 0.15) is 31.9 Å². The van der Waals surface area contributed by atoms with Crippen LogP contribution in [0.2, 0.25) is 0 Å². The standard InChI is InChI=1S/C14H19N5O2/c1-2-7-18-8-5-11(6-9-18)16-14-4-3-13(19(20)21)12(10-15)17-14/h3-4,11H,2,5-9H2,1H3,(H,16,17). The Kier molecular flexibility index (Phi) is 5.06. The molecule has 0 aromatic carbocycles. The van der Waals surface area contributed by atoms with Gasteiger partial charge in [-0.25, -0.2) is 4.98 Å². The zero-order valence-electron chi connectivity index (χ0n) is 12.1. The van der Waals surface area contributed by atoms with Crippen molar-refractivity contribution in [2.75, 3.05) is 25.0 Å². The van der Waals surface area contributed by atoms with Gasteiger partial charge in [0, 0.05) is 25.2 Å². The molecule has 1 saturated heterocycles. The third-order valence-electron chi connectivity index (χ3n) is 3.66. The predicted molar refractivity (Wildman–Crippen MR) is 79.0 cm³/mol. The maximum Gasteiger partial charge on any atom is 0.305 e. The first-order chi connectivity index (χ1) is 10.1. The van der Waals surface area contributed by atoms with Crippen LogP contribution in [0.25, 0.3) is 0 Å². The van der Waals surface area contributed by atoms with E-state index in [0.29, 0.717) is 11.9 Å². The number of piperidine rings is 1. The molecule has 0 atom stereocenters. The topological polar surface area (TPSA) is 95.1 Å². The van der Waals surface area contributed by atoms with Crippen molar-refractivity contribution < 1.29 is 4.92 Å². The first kappa shape index (κ1) is 15.2. The van der Waals surface area contributed by atoms with Gasteiger partial charge in [-0.3, -0.25) is 10.1 Å². The number of nitro groups is 1. The second-order valence-electron chi connectivity index (χ2n) is 5.19. The Morgan fingerprint density at radius 1 is 1.52 bits per heavy atom. The summed E-state index contributed by atoms with van der Waals surface area (Å²) in [5.41, 5.74) is -0.394. The number of nitrogens with one attached hydrogen (secondary N) is 1. The van der Waals surface area contributed by atoms with Crippen LogP contribution in [0.3, 0.4) is 0 Å². The fourth-order valence-electron chi connectivity index (χ4n) is 2.59. The number of likely N-dealkylation sites (tertiary alicyclic amines) is 1. The Morgan fingerprint density at radius 2 is 2.24 bits per heavy atom. The molecule has 112 valence electrons. The molecule has 0 spiro atoms. The normalized spacial score (nSPS) is 16.4. The van der Waals surface area contributed by atoms with E-state index in [1.54, 1.807) is 12.1 Å². The minimum absolute atomic E-state index is 0.145. The quantitative estimate of drug-likeness (QED) is 0.659. The largest absolute Gasteiger partial charge is 0.367 e. The van der Waals surface area contributed by atoms with E-state index in [1.165, 1.54) is 6.07 Å². The van der Waals surface area contributed by atoms with E-state index < -0.39 is 4.92 Å². The highest BCUT2D eigenvalue weighted by molar-refractivity contribution is 5.50. The SMILES string of the molecule is CCCN1CCC(Nc2ccc([N+](=O)[O-])c(C#N)n2)CC1. The minimum Gasteiger partial charge on any atom is -0.367 e. The molecule has 21 heavy (non-hydrogen) atoms. The van der Waals surface area contributed by atoms with Crippen molar-refractivity contribution in [2.24, 2.45) is 0 Å². The Balaban J connectivity index is 1.98. The van der Waals surface area contributed by atoms with E-state index in [2.05, 4.69) is 22.1 Å².